The minimum Gasteiger partial charge on any atom is -0.369 e. The maximum Gasteiger partial charge on any atom is 0.225 e. The molecule has 1 heterocycles. The lowest BCUT2D eigenvalue weighted by atomic mass is 10.2. The number of nitrogens with zero attached hydrogens (tertiary/aromatic N) is 2. The van der Waals surface area contributed by atoms with Gasteiger partial charge in [-0.25, -0.2) is 0 Å². The Kier molecular flexibility index (Phi) is 6.41. The standard InChI is InChI=1S/C20H23Cl2N3O/c1-15-4-2-5-16(14-15)25-12-10-24(11-13-25)9-8-19(26)23-20-17(21)6-3-7-18(20)22/h2-7,14H,8-13H2,1H3,(H,23,26). The van der Waals surface area contributed by atoms with Crippen LogP contribution in [0.1, 0.15) is 12.0 Å². The molecule has 0 spiro atoms. The lowest BCUT2D eigenvalue weighted by Gasteiger charge is -2.36. The van der Waals surface area contributed by atoms with Crippen LogP contribution < -0.4 is 10.2 Å². The SMILES string of the molecule is Cc1cccc(N2CCN(CCC(=O)Nc3c(Cl)cccc3Cl)CC2)c1. The number of aryl methyl sites for hydroxylation is 1. The predicted octanol–water partition coefficient (Wildman–Crippen LogP) is 4.45. The molecule has 1 aliphatic heterocycles. The molecule has 0 saturated carbocycles. The zero-order valence-corrected chi connectivity index (χ0v) is 16.4. The third-order valence-corrected chi connectivity index (χ3v) is 5.25. The highest BCUT2D eigenvalue weighted by molar-refractivity contribution is 6.39. The first kappa shape index (κ1) is 19.0. The second-order valence-corrected chi connectivity index (χ2v) is 7.38. The lowest BCUT2D eigenvalue weighted by molar-refractivity contribution is -0.116. The van der Waals surface area contributed by atoms with Gasteiger partial charge in [0.05, 0.1) is 15.7 Å². The highest BCUT2D eigenvalue weighted by Gasteiger charge is 2.18. The molecule has 4 nitrogen and oxygen atoms in total. The Morgan fingerprint density at radius 1 is 1.04 bits per heavy atom. The van der Waals surface area contributed by atoms with Crippen molar-refractivity contribution in [2.45, 2.75) is 13.3 Å². The van der Waals surface area contributed by atoms with E-state index in [9.17, 15) is 4.79 Å². The normalized spacial score (nSPS) is 15.1. The molecule has 1 N–H and O–H groups in total. The molecule has 3 rings (SSSR count). The third-order valence-electron chi connectivity index (χ3n) is 4.62. The molecule has 1 saturated heterocycles. The molecule has 1 fully saturated rings. The number of nitrogens with one attached hydrogen (secondary N) is 1. The van der Waals surface area contributed by atoms with Crippen molar-refractivity contribution in [3.8, 4) is 0 Å². The topological polar surface area (TPSA) is 35.6 Å². The largest absolute Gasteiger partial charge is 0.369 e. The van der Waals surface area contributed by atoms with E-state index in [-0.39, 0.29) is 5.91 Å². The van der Waals surface area contributed by atoms with Crippen molar-refractivity contribution in [1.29, 1.82) is 0 Å². The van der Waals surface area contributed by atoms with Crippen molar-refractivity contribution in [3.63, 3.8) is 0 Å². The Hall–Kier alpha value is -1.75. The highest BCUT2D eigenvalue weighted by Crippen LogP contribution is 2.29. The Balaban J connectivity index is 1.46. The Bertz CT molecular complexity index is 753. The molecule has 1 aliphatic rings. The van der Waals surface area contributed by atoms with Gasteiger partial charge in [0, 0.05) is 44.8 Å². The van der Waals surface area contributed by atoms with Gasteiger partial charge >= 0.3 is 0 Å². The van der Waals surface area contributed by atoms with E-state index >= 15 is 0 Å². The van der Waals surface area contributed by atoms with E-state index in [4.69, 9.17) is 23.2 Å². The van der Waals surface area contributed by atoms with Crippen molar-refractivity contribution in [1.82, 2.24) is 4.90 Å². The van der Waals surface area contributed by atoms with E-state index in [0.29, 0.717) is 22.2 Å². The van der Waals surface area contributed by atoms with Gasteiger partial charge in [0.15, 0.2) is 0 Å². The Morgan fingerprint density at radius 2 is 1.69 bits per heavy atom. The van der Waals surface area contributed by atoms with Gasteiger partial charge in [-0.15, -0.1) is 0 Å². The number of hydrogen-bond donors (Lipinski definition) is 1. The first-order chi connectivity index (χ1) is 12.5. The maximum atomic E-state index is 12.2. The molecule has 0 atom stereocenters. The summed E-state index contributed by atoms with van der Waals surface area (Å²) in [4.78, 5) is 16.9. The van der Waals surface area contributed by atoms with Gasteiger partial charge in [-0.1, -0.05) is 41.4 Å². The average Bonchev–Trinajstić information content (AvgIpc) is 2.64. The van der Waals surface area contributed by atoms with Crippen LogP contribution in [-0.2, 0) is 4.79 Å². The number of amides is 1. The molecule has 6 heteroatoms. The van der Waals surface area contributed by atoms with Gasteiger partial charge in [-0.05, 0) is 36.8 Å². The van der Waals surface area contributed by atoms with Crippen LogP contribution in [0.15, 0.2) is 42.5 Å². The number of benzene rings is 2. The first-order valence-corrected chi connectivity index (χ1v) is 9.56. The number of carbonyl (C=O) groups is 1. The zero-order chi connectivity index (χ0) is 18.5. The number of hydrogen-bond acceptors (Lipinski definition) is 3. The molecule has 2 aromatic rings. The van der Waals surface area contributed by atoms with Crippen molar-refractivity contribution in [2.75, 3.05) is 42.9 Å². The van der Waals surface area contributed by atoms with Crippen LogP contribution in [-0.4, -0.2) is 43.5 Å². The van der Waals surface area contributed by atoms with Crippen LogP contribution in [0.2, 0.25) is 10.0 Å². The minimum atomic E-state index is -0.0684. The molecule has 0 radical (unpaired) electrons. The summed E-state index contributed by atoms with van der Waals surface area (Å²) in [6, 6.07) is 13.8. The molecule has 0 unspecified atom stereocenters. The van der Waals surface area contributed by atoms with Gasteiger partial charge in [0.1, 0.15) is 0 Å². The molecule has 26 heavy (non-hydrogen) atoms. The first-order valence-electron chi connectivity index (χ1n) is 8.81. The second-order valence-electron chi connectivity index (χ2n) is 6.56. The van der Waals surface area contributed by atoms with Gasteiger partial charge in [0.25, 0.3) is 0 Å². The van der Waals surface area contributed by atoms with E-state index in [1.165, 1.54) is 11.3 Å². The second kappa shape index (κ2) is 8.76. The quantitative estimate of drug-likeness (QED) is 0.817. The minimum absolute atomic E-state index is 0.0684. The van der Waals surface area contributed by atoms with E-state index in [1.54, 1.807) is 18.2 Å². The van der Waals surface area contributed by atoms with Crippen molar-refractivity contribution < 1.29 is 4.79 Å². The highest BCUT2D eigenvalue weighted by atomic mass is 35.5. The molecule has 1 amide bonds. The summed E-state index contributed by atoms with van der Waals surface area (Å²) in [6.45, 7) is 6.70. The smallest absolute Gasteiger partial charge is 0.225 e. The third kappa shape index (κ3) is 4.91. The summed E-state index contributed by atoms with van der Waals surface area (Å²) < 4.78 is 0. The summed E-state index contributed by atoms with van der Waals surface area (Å²) in [7, 11) is 0. The number of rotatable bonds is 5. The molecule has 138 valence electrons. The Morgan fingerprint density at radius 3 is 2.35 bits per heavy atom. The number of carbonyl (C=O) groups excluding carboxylic acids is 1. The summed E-state index contributed by atoms with van der Waals surface area (Å²) in [5.74, 6) is -0.0684. The average molecular weight is 392 g/mol. The van der Waals surface area contributed by atoms with Crippen LogP contribution in [0.25, 0.3) is 0 Å². The molecule has 0 aliphatic carbocycles. The fraction of sp³-hybridized carbons (Fsp3) is 0.350. The molecule has 0 aromatic heterocycles. The van der Waals surface area contributed by atoms with Crippen LogP contribution in [0.4, 0.5) is 11.4 Å². The van der Waals surface area contributed by atoms with Crippen molar-refractivity contribution in [2.24, 2.45) is 0 Å². The number of halogens is 2. The lowest BCUT2D eigenvalue weighted by Crippen LogP contribution is -2.47. The molecule has 0 bridgehead atoms. The van der Waals surface area contributed by atoms with Crippen LogP contribution in [0.5, 0.6) is 0 Å². The number of anilines is 2. The van der Waals surface area contributed by atoms with E-state index in [2.05, 4.69) is 46.3 Å². The van der Waals surface area contributed by atoms with E-state index < -0.39 is 0 Å². The fourth-order valence-corrected chi connectivity index (χ4v) is 3.63. The van der Waals surface area contributed by atoms with Crippen LogP contribution in [0, 0.1) is 6.92 Å². The monoisotopic (exact) mass is 391 g/mol. The van der Waals surface area contributed by atoms with E-state index in [1.807, 2.05) is 0 Å². The number of para-hydroxylation sites is 1. The summed E-state index contributed by atoms with van der Waals surface area (Å²) in [5.41, 5.74) is 3.04. The molecule has 2 aromatic carbocycles. The summed E-state index contributed by atoms with van der Waals surface area (Å²) in [6.07, 6.45) is 0.423. The maximum absolute atomic E-state index is 12.2. The molecular formula is C20H23Cl2N3O. The van der Waals surface area contributed by atoms with Gasteiger partial charge in [-0.3, -0.25) is 9.69 Å². The zero-order valence-electron chi connectivity index (χ0n) is 14.8. The van der Waals surface area contributed by atoms with Gasteiger partial charge < -0.3 is 10.2 Å². The summed E-state index contributed by atoms with van der Waals surface area (Å²) in [5, 5.41) is 3.73. The van der Waals surface area contributed by atoms with E-state index in [0.717, 1.165) is 32.7 Å². The predicted molar refractivity (Wildman–Crippen MR) is 110 cm³/mol. The fourth-order valence-electron chi connectivity index (χ4n) is 3.13. The Labute approximate surface area is 164 Å². The van der Waals surface area contributed by atoms with Gasteiger partial charge in [-0.2, -0.15) is 0 Å². The van der Waals surface area contributed by atoms with Crippen LogP contribution in [0.3, 0.4) is 0 Å². The van der Waals surface area contributed by atoms with Crippen molar-refractivity contribution in [3.05, 3.63) is 58.1 Å². The van der Waals surface area contributed by atoms with Crippen molar-refractivity contribution >= 4 is 40.5 Å². The van der Waals surface area contributed by atoms with Gasteiger partial charge in [0.2, 0.25) is 5.91 Å². The summed E-state index contributed by atoms with van der Waals surface area (Å²) >= 11 is 12.2. The number of piperazine rings is 1. The molecular weight excluding hydrogens is 369 g/mol. The van der Waals surface area contributed by atoms with Crippen LogP contribution >= 0.6 is 23.2 Å².